The molecule has 0 aliphatic heterocycles. The van der Waals surface area contributed by atoms with Crippen molar-refractivity contribution in [2.24, 2.45) is 0 Å². The van der Waals surface area contributed by atoms with E-state index in [1.165, 1.54) is 11.8 Å². The third kappa shape index (κ3) is 4.74. The first-order chi connectivity index (χ1) is 11.0. The minimum absolute atomic E-state index is 0.374. The first-order valence-electron chi connectivity index (χ1n) is 7.06. The normalized spacial score (nSPS) is 11.8. The van der Waals surface area contributed by atoms with E-state index in [0.29, 0.717) is 16.7 Å². The van der Waals surface area contributed by atoms with E-state index < -0.39 is 11.3 Å². The van der Waals surface area contributed by atoms with Crippen LogP contribution in [0.15, 0.2) is 41.8 Å². The highest BCUT2D eigenvalue weighted by molar-refractivity contribution is 8.00. The largest absolute Gasteiger partial charge is 0.338 e. The van der Waals surface area contributed by atoms with Gasteiger partial charge in [-0.1, -0.05) is 29.4 Å². The standard InChI is InChI=1S/C15H17ClN4O2S/c1-3-17-14(22)19-13(21)10(2)23-15-18-7-8-20(15)12-6-4-5-11(16)9-12/h4-10H,3H2,1-2H3,(H2,17,19,21,22)/t10-/m0/s1. The molecule has 23 heavy (non-hydrogen) atoms. The zero-order chi connectivity index (χ0) is 16.8. The van der Waals surface area contributed by atoms with E-state index >= 15 is 0 Å². The summed E-state index contributed by atoms with van der Waals surface area (Å²) >= 11 is 7.27. The molecule has 122 valence electrons. The maximum Gasteiger partial charge on any atom is 0.321 e. The summed E-state index contributed by atoms with van der Waals surface area (Å²) in [6, 6.07) is 6.85. The highest BCUT2D eigenvalue weighted by atomic mass is 35.5. The lowest BCUT2D eigenvalue weighted by atomic mass is 10.3. The molecular weight excluding hydrogens is 336 g/mol. The van der Waals surface area contributed by atoms with E-state index in [1.54, 1.807) is 32.3 Å². The van der Waals surface area contributed by atoms with E-state index in [2.05, 4.69) is 15.6 Å². The molecule has 2 aromatic rings. The summed E-state index contributed by atoms with van der Waals surface area (Å²) < 4.78 is 1.84. The molecule has 2 N–H and O–H groups in total. The Bertz CT molecular complexity index is 704. The zero-order valence-corrected chi connectivity index (χ0v) is 14.3. The van der Waals surface area contributed by atoms with Crippen LogP contribution in [0.5, 0.6) is 0 Å². The van der Waals surface area contributed by atoms with Gasteiger partial charge in [0.25, 0.3) is 0 Å². The van der Waals surface area contributed by atoms with Gasteiger partial charge >= 0.3 is 6.03 Å². The third-order valence-electron chi connectivity index (χ3n) is 2.92. The smallest absolute Gasteiger partial charge is 0.321 e. The molecular formula is C15H17ClN4O2S. The fourth-order valence-corrected chi connectivity index (χ4v) is 2.90. The molecule has 0 aliphatic rings. The predicted molar refractivity (Wildman–Crippen MR) is 91.1 cm³/mol. The number of hydrogen-bond donors (Lipinski definition) is 2. The second kappa shape index (κ2) is 8.03. The lowest BCUT2D eigenvalue weighted by molar-refractivity contribution is -0.119. The van der Waals surface area contributed by atoms with Gasteiger partial charge < -0.3 is 5.32 Å². The van der Waals surface area contributed by atoms with Crippen LogP contribution in [0.1, 0.15) is 13.8 Å². The summed E-state index contributed by atoms with van der Waals surface area (Å²) in [5, 5.41) is 5.60. The van der Waals surface area contributed by atoms with Crippen molar-refractivity contribution >= 4 is 35.3 Å². The quantitative estimate of drug-likeness (QED) is 0.811. The number of hydrogen-bond acceptors (Lipinski definition) is 4. The average Bonchev–Trinajstić information content (AvgIpc) is 2.95. The Morgan fingerprint density at radius 1 is 1.43 bits per heavy atom. The summed E-state index contributed by atoms with van der Waals surface area (Å²) in [6.45, 7) is 3.96. The molecule has 0 saturated heterocycles. The minimum atomic E-state index is -0.497. The Labute approximate surface area is 143 Å². The van der Waals surface area contributed by atoms with Crippen LogP contribution in [0.2, 0.25) is 5.02 Å². The van der Waals surface area contributed by atoms with Crippen LogP contribution in [0.3, 0.4) is 0 Å². The van der Waals surface area contributed by atoms with Gasteiger partial charge in [0.05, 0.1) is 5.25 Å². The van der Waals surface area contributed by atoms with Crippen LogP contribution in [-0.4, -0.2) is 33.3 Å². The molecule has 0 saturated carbocycles. The number of urea groups is 1. The van der Waals surface area contributed by atoms with Crippen molar-refractivity contribution in [1.82, 2.24) is 20.2 Å². The maximum absolute atomic E-state index is 12.0. The molecule has 6 nitrogen and oxygen atoms in total. The molecule has 1 aromatic heterocycles. The molecule has 0 radical (unpaired) electrons. The molecule has 1 heterocycles. The monoisotopic (exact) mass is 352 g/mol. The zero-order valence-electron chi connectivity index (χ0n) is 12.7. The number of halogens is 1. The lowest BCUT2D eigenvalue weighted by Crippen LogP contribution is -2.42. The van der Waals surface area contributed by atoms with Crippen molar-refractivity contribution in [2.75, 3.05) is 6.54 Å². The average molecular weight is 353 g/mol. The van der Waals surface area contributed by atoms with Gasteiger partial charge in [-0.3, -0.25) is 14.7 Å². The summed E-state index contributed by atoms with van der Waals surface area (Å²) in [4.78, 5) is 27.7. The Morgan fingerprint density at radius 3 is 2.91 bits per heavy atom. The van der Waals surface area contributed by atoms with Crippen LogP contribution in [0.4, 0.5) is 4.79 Å². The Morgan fingerprint density at radius 2 is 2.22 bits per heavy atom. The van der Waals surface area contributed by atoms with Gasteiger partial charge in [-0.2, -0.15) is 0 Å². The Hall–Kier alpha value is -1.99. The number of carbonyl (C=O) groups excluding carboxylic acids is 2. The van der Waals surface area contributed by atoms with Crippen molar-refractivity contribution in [3.05, 3.63) is 41.7 Å². The molecule has 0 aliphatic carbocycles. The number of carbonyl (C=O) groups is 2. The third-order valence-corrected chi connectivity index (χ3v) is 4.23. The second-order valence-corrected chi connectivity index (χ2v) is 6.41. The van der Waals surface area contributed by atoms with Crippen LogP contribution in [-0.2, 0) is 4.79 Å². The summed E-state index contributed by atoms with van der Waals surface area (Å²) in [5.74, 6) is -0.374. The van der Waals surface area contributed by atoms with Gasteiger partial charge in [0.15, 0.2) is 5.16 Å². The van der Waals surface area contributed by atoms with Crippen LogP contribution in [0, 0.1) is 0 Å². The van der Waals surface area contributed by atoms with Crippen molar-refractivity contribution in [2.45, 2.75) is 24.3 Å². The lowest BCUT2D eigenvalue weighted by Gasteiger charge is -2.13. The number of imide groups is 1. The first kappa shape index (κ1) is 17.4. The van der Waals surface area contributed by atoms with Gasteiger partial charge in [-0.05, 0) is 32.0 Å². The van der Waals surface area contributed by atoms with Gasteiger partial charge in [-0.25, -0.2) is 9.78 Å². The molecule has 0 spiro atoms. The number of nitrogens with one attached hydrogen (secondary N) is 2. The number of nitrogens with zero attached hydrogens (tertiary/aromatic N) is 2. The number of imidazole rings is 1. The Balaban J connectivity index is 2.08. The molecule has 8 heteroatoms. The van der Waals surface area contributed by atoms with Gasteiger partial charge in [-0.15, -0.1) is 0 Å². The second-order valence-electron chi connectivity index (χ2n) is 4.67. The maximum atomic E-state index is 12.0. The fourth-order valence-electron chi connectivity index (χ4n) is 1.83. The molecule has 1 aromatic carbocycles. The number of rotatable bonds is 5. The van der Waals surface area contributed by atoms with Crippen molar-refractivity contribution in [3.8, 4) is 5.69 Å². The van der Waals surface area contributed by atoms with E-state index in [9.17, 15) is 9.59 Å². The summed E-state index contributed by atoms with van der Waals surface area (Å²) in [7, 11) is 0. The number of amides is 3. The molecule has 0 bridgehead atoms. The molecule has 3 amide bonds. The molecule has 0 fully saturated rings. The van der Waals surface area contributed by atoms with Crippen LogP contribution >= 0.6 is 23.4 Å². The number of aromatic nitrogens is 2. The van der Waals surface area contributed by atoms with Crippen molar-refractivity contribution in [3.63, 3.8) is 0 Å². The van der Waals surface area contributed by atoms with E-state index in [0.717, 1.165) is 5.69 Å². The summed E-state index contributed by atoms with van der Waals surface area (Å²) in [5.41, 5.74) is 0.855. The molecule has 2 rings (SSSR count). The highest BCUT2D eigenvalue weighted by Crippen LogP contribution is 2.25. The SMILES string of the molecule is CCNC(=O)NC(=O)[C@H](C)Sc1nccn1-c1cccc(Cl)c1. The number of benzene rings is 1. The van der Waals surface area contributed by atoms with E-state index in [1.807, 2.05) is 22.8 Å². The predicted octanol–water partition coefficient (Wildman–Crippen LogP) is 2.85. The van der Waals surface area contributed by atoms with E-state index in [-0.39, 0.29) is 5.91 Å². The number of thioether (sulfide) groups is 1. The van der Waals surface area contributed by atoms with E-state index in [4.69, 9.17) is 11.6 Å². The van der Waals surface area contributed by atoms with Crippen LogP contribution in [0.25, 0.3) is 5.69 Å². The minimum Gasteiger partial charge on any atom is -0.338 e. The fraction of sp³-hybridized carbons (Fsp3) is 0.267. The first-order valence-corrected chi connectivity index (χ1v) is 8.31. The highest BCUT2D eigenvalue weighted by Gasteiger charge is 2.19. The van der Waals surface area contributed by atoms with Crippen molar-refractivity contribution < 1.29 is 9.59 Å². The molecule has 1 atom stereocenters. The molecule has 0 unspecified atom stereocenters. The van der Waals surface area contributed by atoms with Gasteiger partial charge in [0.2, 0.25) is 5.91 Å². The van der Waals surface area contributed by atoms with Crippen molar-refractivity contribution in [1.29, 1.82) is 0 Å². The topological polar surface area (TPSA) is 76.0 Å². The summed E-state index contributed by atoms with van der Waals surface area (Å²) in [6.07, 6.45) is 3.44. The van der Waals surface area contributed by atoms with Gasteiger partial charge in [0.1, 0.15) is 0 Å². The van der Waals surface area contributed by atoms with Gasteiger partial charge in [0, 0.05) is 29.6 Å². The van der Waals surface area contributed by atoms with Crippen LogP contribution < -0.4 is 10.6 Å². The Kier molecular flexibility index (Phi) is 6.06.